The van der Waals surface area contributed by atoms with Gasteiger partial charge in [0.25, 0.3) is 10.2 Å². The van der Waals surface area contributed by atoms with Gasteiger partial charge in [-0.1, -0.05) is 13.8 Å². The Balaban J connectivity index is 3.99. The molecule has 0 heterocycles. The predicted molar refractivity (Wildman–Crippen MR) is 72.2 cm³/mol. The molecule has 5 nitrogen and oxygen atoms in total. The monoisotopic (exact) mass is 265 g/mol. The van der Waals surface area contributed by atoms with E-state index in [1.807, 2.05) is 6.92 Å². The number of nitrogens with zero attached hydrogens (tertiary/aromatic N) is 2. The van der Waals surface area contributed by atoms with E-state index in [1.54, 1.807) is 14.1 Å². The summed E-state index contributed by atoms with van der Waals surface area (Å²) in [6.07, 6.45) is 2.78. The van der Waals surface area contributed by atoms with Crippen molar-refractivity contribution in [2.45, 2.75) is 33.1 Å². The summed E-state index contributed by atoms with van der Waals surface area (Å²) in [6.45, 7) is 7.08. The van der Waals surface area contributed by atoms with Gasteiger partial charge in [-0.3, -0.25) is 0 Å². The molecule has 0 saturated carbocycles. The average molecular weight is 265 g/mol. The summed E-state index contributed by atoms with van der Waals surface area (Å²) in [5.41, 5.74) is 0. The molecular formula is C11H27N3O2S. The second-order valence-corrected chi connectivity index (χ2v) is 6.40. The molecule has 0 saturated heterocycles. The second-order valence-electron chi connectivity index (χ2n) is 4.25. The normalized spacial score (nSPS) is 12.6. The smallest absolute Gasteiger partial charge is 0.281 e. The maximum atomic E-state index is 12.0. The van der Waals surface area contributed by atoms with Crippen molar-refractivity contribution < 1.29 is 8.42 Å². The number of rotatable bonds is 10. The highest BCUT2D eigenvalue weighted by molar-refractivity contribution is 7.86. The lowest BCUT2D eigenvalue weighted by atomic mass is 10.4. The van der Waals surface area contributed by atoms with Gasteiger partial charge in [0.1, 0.15) is 0 Å². The van der Waals surface area contributed by atoms with E-state index in [0.717, 1.165) is 32.4 Å². The molecule has 0 aromatic rings. The van der Waals surface area contributed by atoms with E-state index < -0.39 is 10.2 Å². The van der Waals surface area contributed by atoms with Crippen LogP contribution in [0.4, 0.5) is 0 Å². The lowest BCUT2D eigenvalue weighted by Crippen LogP contribution is -2.40. The topological polar surface area (TPSA) is 52.7 Å². The van der Waals surface area contributed by atoms with Crippen LogP contribution in [-0.2, 0) is 10.2 Å². The standard InChI is InChI=1S/C11H27N3O2S/c1-5-8-12-9-7-11-14(4)17(15,16)13(3)10-6-2/h12H,5-11H2,1-4H3. The first-order valence-electron chi connectivity index (χ1n) is 6.35. The third-order valence-corrected chi connectivity index (χ3v) is 4.52. The molecule has 0 radical (unpaired) electrons. The van der Waals surface area contributed by atoms with Crippen molar-refractivity contribution in [2.75, 3.05) is 40.3 Å². The zero-order chi connectivity index (χ0) is 13.3. The van der Waals surface area contributed by atoms with Crippen LogP contribution >= 0.6 is 0 Å². The van der Waals surface area contributed by atoms with Crippen LogP contribution in [0.2, 0.25) is 0 Å². The predicted octanol–water partition coefficient (Wildman–Crippen LogP) is 0.895. The van der Waals surface area contributed by atoms with Crippen molar-refractivity contribution in [3.63, 3.8) is 0 Å². The highest BCUT2D eigenvalue weighted by Crippen LogP contribution is 2.04. The summed E-state index contributed by atoms with van der Waals surface area (Å²) in [4.78, 5) is 0. The van der Waals surface area contributed by atoms with Crippen LogP contribution in [0.1, 0.15) is 33.1 Å². The first kappa shape index (κ1) is 16.8. The van der Waals surface area contributed by atoms with Crippen molar-refractivity contribution in [1.82, 2.24) is 13.9 Å². The third kappa shape index (κ3) is 6.35. The Hall–Kier alpha value is -0.170. The molecule has 104 valence electrons. The molecule has 0 spiro atoms. The number of nitrogens with one attached hydrogen (secondary N) is 1. The van der Waals surface area contributed by atoms with Gasteiger partial charge in [-0.15, -0.1) is 0 Å². The van der Waals surface area contributed by atoms with E-state index in [1.165, 1.54) is 8.61 Å². The molecule has 17 heavy (non-hydrogen) atoms. The summed E-state index contributed by atoms with van der Waals surface area (Å²) in [7, 11) is 0.0148. The molecule has 0 atom stereocenters. The van der Waals surface area contributed by atoms with E-state index in [-0.39, 0.29) is 0 Å². The molecule has 0 aromatic carbocycles. The van der Waals surface area contributed by atoms with Crippen LogP contribution < -0.4 is 5.32 Å². The second kappa shape index (κ2) is 8.85. The minimum atomic E-state index is -3.25. The summed E-state index contributed by atoms with van der Waals surface area (Å²) in [5, 5.41) is 3.26. The van der Waals surface area contributed by atoms with E-state index in [9.17, 15) is 8.42 Å². The largest absolute Gasteiger partial charge is 0.317 e. The first-order chi connectivity index (χ1) is 7.96. The lowest BCUT2D eigenvalue weighted by Gasteiger charge is -2.24. The van der Waals surface area contributed by atoms with Gasteiger partial charge in [-0.25, -0.2) is 0 Å². The quantitative estimate of drug-likeness (QED) is 0.597. The molecule has 0 fully saturated rings. The fourth-order valence-corrected chi connectivity index (χ4v) is 2.76. The van der Waals surface area contributed by atoms with Crippen LogP contribution in [0, 0.1) is 0 Å². The molecule has 0 aliphatic heterocycles. The van der Waals surface area contributed by atoms with Gasteiger partial charge in [0.05, 0.1) is 0 Å². The van der Waals surface area contributed by atoms with Gasteiger partial charge in [0.2, 0.25) is 0 Å². The molecular weight excluding hydrogens is 238 g/mol. The van der Waals surface area contributed by atoms with Crippen LogP contribution in [-0.4, -0.2) is 57.3 Å². The van der Waals surface area contributed by atoms with Crippen LogP contribution in [0.5, 0.6) is 0 Å². The Bertz CT molecular complexity index is 280. The minimum Gasteiger partial charge on any atom is -0.317 e. The first-order valence-corrected chi connectivity index (χ1v) is 7.74. The summed E-state index contributed by atoms with van der Waals surface area (Å²) in [6, 6.07) is 0. The van der Waals surface area contributed by atoms with Gasteiger partial charge in [0.15, 0.2) is 0 Å². The van der Waals surface area contributed by atoms with Crippen LogP contribution in [0.25, 0.3) is 0 Å². The molecule has 0 rings (SSSR count). The lowest BCUT2D eigenvalue weighted by molar-refractivity contribution is 0.386. The van der Waals surface area contributed by atoms with Gasteiger partial charge in [-0.05, 0) is 32.4 Å². The molecule has 0 unspecified atom stereocenters. The Morgan fingerprint density at radius 1 is 0.941 bits per heavy atom. The fraction of sp³-hybridized carbons (Fsp3) is 1.00. The van der Waals surface area contributed by atoms with Crippen molar-refractivity contribution in [1.29, 1.82) is 0 Å². The van der Waals surface area contributed by atoms with Gasteiger partial charge in [-0.2, -0.15) is 17.0 Å². The van der Waals surface area contributed by atoms with Crippen molar-refractivity contribution in [3.8, 4) is 0 Å². The summed E-state index contributed by atoms with van der Waals surface area (Å²) in [5.74, 6) is 0. The Labute approximate surface area is 106 Å². The fourth-order valence-electron chi connectivity index (χ4n) is 1.51. The molecule has 6 heteroatoms. The summed E-state index contributed by atoms with van der Waals surface area (Å²) >= 11 is 0. The average Bonchev–Trinajstić information content (AvgIpc) is 2.28. The highest BCUT2D eigenvalue weighted by Gasteiger charge is 2.21. The minimum absolute atomic E-state index is 0.563. The zero-order valence-corrected chi connectivity index (χ0v) is 12.4. The molecule has 1 N–H and O–H groups in total. The van der Waals surface area contributed by atoms with Gasteiger partial charge < -0.3 is 5.32 Å². The maximum Gasteiger partial charge on any atom is 0.281 e. The molecule has 0 aromatic heterocycles. The Morgan fingerprint density at radius 2 is 1.53 bits per heavy atom. The molecule has 0 aliphatic rings. The van der Waals surface area contributed by atoms with E-state index in [4.69, 9.17) is 0 Å². The molecule has 0 amide bonds. The third-order valence-electron chi connectivity index (χ3n) is 2.58. The van der Waals surface area contributed by atoms with Crippen molar-refractivity contribution in [2.24, 2.45) is 0 Å². The van der Waals surface area contributed by atoms with Gasteiger partial charge >= 0.3 is 0 Å². The highest BCUT2D eigenvalue weighted by atomic mass is 32.2. The van der Waals surface area contributed by atoms with Crippen molar-refractivity contribution >= 4 is 10.2 Å². The van der Waals surface area contributed by atoms with E-state index in [0.29, 0.717) is 13.1 Å². The van der Waals surface area contributed by atoms with Crippen LogP contribution in [0.15, 0.2) is 0 Å². The number of hydrogen-bond donors (Lipinski definition) is 1. The Kier molecular flexibility index (Phi) is 8.77. The maximum absolute atomic E-state index is 12.0. The van der Waals surface area contributed by atoms with Crippen molar-refractivity contribution in [3.05, 3.63) is 0 Å². The number of hydrogen-bond acceptors (Lipinski definition) is 3. The van der Waals surface area contributed by atoms with E-state index >= 15 is 0 Å². The van der Waals surface area contributed by atoms with Crippen LogP contribution in [0.3, 0.4) is 0 Å². The Morgan fingerprint density at radius 3 is 2.06 bits per heavy atom. The summed E-state index contributed by atoms with van der Waals surface area (Å²) < 4.78 is 26.8. The molecule has 0 aliphatic carbocycles. The SMILES string of the molecule is CCCNCCCN(C)S(=O)(=O)N(C)CCC. The van der Waals surface area contributed by atoms with E-state index in [2.05, 4.69) is 12.2 Å². The van der Waals surface area contributed by atoms with Gasteiger partial charge in [0, 0.05) is 27.2 Å². The zero-order valence-electron chi connectivity index (χ0n) is 11.6. The molecule has 0 bridgehead atoms.